The third kappa shape index (κ3) is 3.91. The van der Waals surface area contributed by atoms with Gasteiger partial charge in [-0.2, -0.15) is 10.1 Å². The Morgan fingerprint density at radius 3 is 2.68 bits per heavy atom. The van der Waals surface area contributed by atoms with Crippen LogP contribution in [0.25, 0.3) is 5.69 Å². The second kappa shape index (κ2) is 8.69. The number of ether oxygens (including phenoxy) is 1. The van der Waals surface area contributed by atoms with Gasteiger partial charge in [-0.25, -0.2) is 23.4 Å². The minimum Gasteiger partial charge on any atom is -0.494 e. The molecule has 34 heavy (non-hydrogen) atoms. The van der Waals surface area contributed by atoms with Gasteiger partial charge >= 0.3 is 0 Å². The van der Waals surface area contributed by atoms with Crippen LogP contribution in [0.4, 0.5) is 26.2 Å². The molecule has 8 nitrogen and oxygen atoms in total. The molecule has 10 heteroatoms. The molecule has 174 valence electrons. The van der Waals surface area contributed by atoms with Crippen LogP contribution < -0.4 is 15.4 Å². The molecule has 5 rings (SSSR count). The first-order valence-electron chi connectivity index (χ1n) is 10.8. The molecule has 0 spiro atoms. The highest BCUT2D eigenvalue weighted by Gasteiger charge is 2.31. The quantitative estimate of drug-likeness (QED) is 0.435. The molecule has 1 atom stereocenters. The summed E-state index contributed by atoms with van der Waals surface area (Å²) in [7, 11) is 3.37. The van der Waals surface area contributed by atoms with Crippen LogP contribution >= 0.6 is 0 Å². The van der Waals surface area contributed by atoms with Crippen molar-refractivity contribution in [1.82, 2.24) is 24.7 Å². The number of aryl methyl sites for hydroxylation is 1. The molecule has 0 saturated heterocycles. The van der Waals surface area contributed by atoms with Gasteiger partial charge < -0.3 is 15.4 Å². The molecule has 1 aliphatic rings. The minimum absolute atomic E-state index is 0.279. The van der Waals surface area contributed by atoms with E-state index < -0.39 is 11.6 Å². The summed E-state index contributed by atoms with van der Waals surface area (Å²) < 4.78 is 35.2. The largest absolute Gasteiger partial charge is 0.494 e. The highest BCUT2D eigenvalue weighted by Crippen LogP contribution is 2.41. The van der Waals surface area contributed by atoms with Gasteiger partial charge in [0, 0.05) is 36.3 Å². The monoisotopic (exact) mass is 463 g/mol. The first-order valence-corrected chi connectivity index (χ1v) is 10.8. The van der Waals surface area contributed by atoms with Crippen LogP contribution in [0.2, 0.25) is 0 Å². The predicted octanol–water partition coefficient (Wildman–Crippen LogP) is 4.52. The summed E-state index contributed by atoms with van der Waals surface area (Å²) >= 11 is 0. The van der Waals surface area contributed by atoms with Crippen LogP contribution in [0.15, 0.2) is 42.7 Å². The number of anilines is 3. The summed E-state index contributed by atoms with van der Waals surface area (Å²) in [6.07, 6.45) is 3.00. The van der Waals surface area contributed by atoms with Crippen molar-refractivity contribution in [2.45, 2.75) is 25.7 Å². The Hall–Kier alpha value is -4.08. The molecule has 2 aromatic heterocycles. The molecule has 2 N–H and O–H groups in total. The predicted molar refractivity (Wildman–Crippen MR) is 124 cm³/mol. The summed E-state index contributed by atoms with van der Waals surface area (Å²) in [5.74, 6) is 0.847. The summed E-state index contributed by atoms with van der Waals surface area (Å²) in [6.45, 7) is 1.81. The van der Waals surface area contributed by atoms with E-state index in [1.54, 1.807) is 25.2 Å². The fourth-order valence-corrected chi connectivity index (χ4v) is 4.35. The number of fused-ring (bicyclic) bond motifs is 1. The molecule has 1 aliphatic carbocycles. The van der Waals surface area contributed by atoms with Crippen molar-refractivity contribution < 1.29 is 13.5 Å². The summed E-state index contributed by atoms with van der Waals surface area (Å²) in [5.41, 5.74) is 3.56. The second-order valence-electron chi connectivity index (χ2n) is 8.01. The first kappa shape index (κ1) is 21.7. The standard InChI is InChI=1S/C24H23F2N7O/c1-13-28-12-33(32-13)20-9-5-15(11-21(20)34-3)29-24-30-22-17(7-8-18(22)23(27-2)31-24)16-6-4-14(25)10-19(16)26/h4-6,9-12,17H,7-8H2,1-3H3,(H2,27,29,30,31). The zero-order valence-corrected chi connectivity index (χ0v) is 18.9. The molecular weight excluding hydrogens is 440 g/mol. The van der Waals surface area contributed by atoms with Gasteiger partial charge in [-0.1, -0.05) is 6.07 Å². The van der Waals surface area contributed by atoms with Gasteiger partial charge in [-0.15, -0.1) is 0 Å². The number of methoxy groups -OCH3 is 1. The van der Waals surface area contributed by atoms with Gasteiger partial charge in [0.2, 0.25) is 5.95 Å². The molecule has 2 aromatic carbocycles. The lowest BCUT2D eigenvalue weighted by molar-refractivity contribution is 0.412. The zero-order chi connectivity index (χ0) is 23.8. The molecule has 0 bridgehead atoms. The number of rotatable bonds is 6. The van der Waals surface area contributed by atoms with Crippen LogP contribution in [0.5, 0.6) is 5.75 Å². The van der Waals surface area contributed by atoms with Crippen LogP contribution in [-0.4, -0.2) is 38.9 Å². The van der Waals surface area contributed by atoms with Crippen molar-refractivity contribution in [2.75, 3.05) is 24.8 Å². The van der Waals surface area contributed by atoms with E-state index in [2.05, 4.69) is 25.7 Å². The Labute approximate surface area is 195 Å². The maximum Gasteiger partial charge on any atom is 0.229 e. The lowest BCUT2D eigenvalue weighted by Gasteiger charge is -2.16. The Balaban J connectivity index is 1.50. The number of hydrogen-bond donors (Lipinski definition) is 2. The smallest absolute Gasteiger partial charge is 0.229 e. The topological polar surface area (TPSA) is 89.8 Å². The molecule has 0 saturated carbocycles. The molecule has 0 amide bonds. The molecule has 0 aliphatic heterocycles. The second-order valence-corrected chi connectivity index (χ2v) is 8.01. The van der Waals surface area contributed by atoms with Crippen LogP contribution in [0, 0.1) is 18.6 Å². The zero-order valence-electron chi connectivity index (χ0n) is 18.9. The molecule has 0 fully saturated rings. The first-order chi connectivity index (χ1) is 16.5. The molecular formula is C24H23F2N7O. The van der Waals surface area contributed by atoms with E-state index in [0.717, 1.165) is 23.0 Å². The lowest BCUT2D eigenvalue weighted by Crippen LogP contribution is -2.09. The number of aromatic nitrogens is 5. The van der Waals surface area contributed by atoms with E-state index in [0.29, 0.717) is 47.4 Å². The summed E-state index contributed by atoms with van der Waals surface area (Å²) in [5, 5.41) is 10.7. The molecule has 0 radical (unpaired) electrons. The van der Waals surface area contributed by atoms with E-state index >= 15 is 0 Å². The van der Waals surface area contributed by atoms with Crippen molar-refractivity contribution in [1.29, 1.82) is 0 Å². The third-order valence-electron chi connectivity index (χ3n) is 5.92. The number of halogens is 2. The Kier molecular flexibility index (Phi) is 5.56. The van der Waals surface area contributed by atoms with E-state index in [4.69, 9.17) is 9.72 Å². The fraction of sp³-hybridized carbons (Fsp3) is 0.250. The van der Waals surface area contributed by atoms with Gasteiger partial charge in [-0.05, 0) is 43.5 Å². The van der Waals surface area contributed by atoms with Crippen LogP contribution in [0.3, 0.4) is 0 Å². The summed E-state index contributed by atoms with van der Waals surface area (Å²) in [4.78, 5) is 13.5. The Bertz CT molecular complexity index is 1370. The normalized spacial score (nSPS) is 14.7. The molecule has 4 aromatic rings. The van der Waals surface area contributed by atoms with Crippen LogP contribution in [0.1, 0.15) is 35.0 Å². The van der Waals surface area contributed by atoms with Crippen molar-refractivity contribution in [3.63, 3.8) is 0 Å². The average molecular weight is 463 g/mol. The van der Waals surface area contributed by atoms with Gasteiger partial charge in [0.05, 0.1) is 12.8 Å². The van der Waals surface area contributed by atoms with E-state index in [1.807, 2.05) is 25.1 Å². The molecule has 2 heterocycles. The van der Waals surface area contributed by atoms with Crippen molar-refractivity contribution in [3.8, 4) is 11.4 Å². The SMILES string of the molecule is CNc1nc(Nc2ccc(-n3cnc(C)n3)c(OC)c2)nc2c1CCC2c1ccc(F)cc1F. The van der Waals surface area contributed by atoms with E-state index in [1.165, 1.54) is 12.1 Å². The van der Waals surface area contributed by atoms with Gasteiger partial charge in [0.25, 0.3) is 0 Å². The summed E-state index contributed by atoms with van der Waals surface area (Å²) in [6, 6.07) is 9.23. The minimum atomic E-state index is -0.598. The van der Waals surface area contributed by atoms with Crippen LogP contribution in [-0.2, 0) is 6.42 Å². The number of nitrogens with zero attached hydrogens (tertiary/aromatic N) is 5. The number of nitrogens with one attached hydrogen (secondary N) is 2. The third-order valence-corrected chi connectivity index (χ3v) is 5.92. The Morgan fingerprint density at radius 1 is 1.12 bits per heavy atom. The van der Waals surface area contributed by atoms with Crippen molar-refractivity contribution in [3.05, 3.63) is 77.0 Å². The number of hydrogen-bond acceptors (Lipinski definition) is 7. The highest BCUT2D eigenvalue weighted by atomic mass is 19.1. The maximum absolute atomic E-state index is 14.5. The average Bonchev–Trinajstić information content (AvgIpc) is 3.45. The highest BCUT2D eigenvalue weighted by molar-refractivity contribution is 5.64. The maximum atomic E-state index is 14.5. The van der Waals surface area contributed by atoms with E-state index in [9.17, 15) is 8.78 Å². The van der Waals surface area contributed by atoms with E-state index in [-0.39, 0.29) is 5.92 Å². The number of benzene rings is 2. The Morgan fingerprint density at radius 2 is 1.97 bits per heavy atom. The van der Waals surface area contributed by atoms with Crippen molar-refractivity contribution in [2.24, 2.45) is 0 Å². The van der Waals surface area contributed by atoms with Gasteiger partial charge in [0.15, 0.2) is 0 Å². The molecule has 1 unspecified atom stereocenters. The van der Waals surface area contributed by atoms with Gasteiger partial charge in [0.1, 0.15) is 41.0 Å². The van der Waals surface area contributed by atoms with Crippen molar-refractivity contribution >= 4 is 17.5 Å². The van der Waals surface area contributed by atoms with Gasteiger partial charge in [-0.3, -0.25) is 0 Å². The lowest BCUT2D eigenvalue weighted by atomic mass is 9.96. The fourth-order valence-electron chi connectivity index (χ4n) is 4.35.